The maximum absolute atomic E-state index is 10.2. The fourth-order valence-corrected chi connectivity index (χ4v) is 4.18. The molecule has 0 amide bonds. The average Bonchev–Trinajstić information content (AvgIpc) is 2.54. The molecule has 1 aromatic carbocycles. The highest BCUT2D eigenvalue weighted by Crippen LogP contribution is 2.33. The monoisotopic (exact) mass is 287 g/mol. The SMILES string of the molecule is OC1CC(NCC2CCCCC2)CC(c2ccccc2)C1. The molecule has 0 spiro atoms. The van der Waals surface area contributed by atoms with Crippen molar-refractivity contribution in [2.75, 3.05) is 6.54 Å². The van der Waals surface area contributed by atoms with Gasteiger partial charge < -0.3 is 10.4 Å². The Labute approximate surface area is 129 Å². The molecule has 0 saturated heterocycles. The van der Waals surface area contributed by atoms with Crippen LogP contribution in [0.3, 0.4) is 0 Å². The zero-order chi connectivity index (χ0) is 14.5. The van der Waals surface area contributed by atoms with Gasteiger partial charge in [0.05, 0.1) is 6.10 Å². The van der Waals surface area contributed by atoms with E-state index in [9.17, 15) is 5.11 Å². The Morgan fingerprint density at radius 1 is 0.952 bits per heavy atom. The van der Waals surface area contributed by atoms with E-state index in [2.05, 4.69) is 35.6 Å². The van der Waals surface area contributed by atoms with Crippen molar-refractivity contribution in [2.24, 2.45) is 5.92 Å². The normalized spacial score (nSPS) is 31.2. The van der Waals surface area contributed by atoms with Crippen LogP contribution in [0.2, 0.25) is 0 Å². The van der Waals surface area contributed by atoms with Crippen LogP contribution in [-0.2, 0) is 0 Å². The summed E-state index contributed by atoms with van der Waals surface area (Å²) in [6, 6.07) is 11.2. The van der Waals surface area contributed by atoms with Crippen LogP contribution in [0.5, 0.6) is 0 Å². The van der Waals surface area contributed by atoms with Gasteiger partial charge in [0.15, 0.2) is 0 Å². The van der Waals surface area contributed by atoms with Gasteiger partial charge in [0.1, 0.15) is 0 Å². The zero-order valence-corrected chi connectivity index (χ0v) is 13.0. The Morgan fingerprint density at radius 3 is 2.48 bits per heavy atom. The van der Waals surface area contributed by atoms with Crippen LogP contribution >= 0.6 is 0 Å². The summed E-state index contributed by atoms with van der Waals surface area (Å²) in [6.45, 7) is 1.15. The molecule has 2 N–H and O–H groups in total. The molecule has 0 aromatic heterocycles. The van der Waals surface area contributed by atoms with E-state index in [0.29, 0.717) is 12.0 Å². The lowest BCUT2D eigenvalue weighted by atomic mass is 9.79. The van der Waals surface area contributed by atoms with Crippen LogP contribution in [-0.4, -0.2) is 23.8 Å². The van der Waals surface area contributed by atoms with Gasteiger partial charge in [-0.25, -0.2) is 0 Å². The highest BCUT2D eigenvalue weighted by Gasteiger charge is 2.28. The molecule has 116 valence electrons. The first-order valence-electron chi connectivity index (χ1n) is 8.77. The molecule has 2 heteroatoms. The van der Waals surface area contributed by atoms with Gasteiger partial charge >= 0.3 is 0 Å². The molecule has 2 aliphatic carbocycles. The number of hydrogen-bond donors (Lipinski definition) is 2. The van der Waals surface area contributed by atoms with E-state index in [0.717, 1.165) is 25.3 Å². The van der Waals surface area contributed by atoms with E-state index < -0.39 is 0 Å². The molecule has 0 radical (unpaired) electrons. The van der Waals surface area contributed by atoms with E-state index in [1.54, 1.807) is 0 Å². The highest BCUT2D eigenvalue weighted by molar-refractivity contribution is 5.20. The molecule has 3 unspecified atom stereocenters. The Hall–Kier alpha value is -0.860. The van der Waals surface area contributed by atoms with Crippen molar-refractivity contribution < 1.29 is 5.11 Å². The predicted molar refractivity (Wildman–Crippen MR) is 87.4 cm³/mol. The largest absolute Gasteiger partial charge is 0.393 e. The summed E-state index contributed by atoms with van der Waals surface area (Å²) in [5.74, 6) is 1.38. The van der Waals surface area contributed by atoms with Crippen LogP contribution in [0.4, 0.5) is 0 Å². The molecule has 2 saturated carbocycles. The Bertz CT molecular complexity index is 413. The maximum atomic E-state index is 10.2. The minimum atomic E-state index is -0.146. The van der Waals surface area contributed by atoms with Gasteiger partial charge in [-0.1, -0.05) is 49.6 Å². The van der Waals surface area contributed by atoms with Gasteiger partial charge in [0.25, 0.3) is 0 Å². The zero-order valence-electron chi connectivity index (χ0n) is 13.0. The van der Waals surface area contributed by atoms with Gasteiger partial charge in [-0.15, -0.1) is 0 Å². The van der Waals surface area contributed by atoms with Crippen LogP contribution < -0.4 is 5.32 Å². The lowest BCUT2D eigenvalue weighted by molar-refractivity contribution is 0.0986. The van der Waals surface area contributed by atoms with E-state index in [1.807, 2.05) is 0 Å². The van der Waals surface area contributed by atoms with Crippen molar-refractivity contribution in [2.45, 2.75) is 69.4 Å². The Balaban J connectivity index is 1.53. The van der Waals surface area contributed by atoms with Gasteiger partial charge in [-0.2, -0.15) is 0 Å². The molecule has 2 fully saturated rings. The van der Waals surface area contributed by atoms with E-state index in [4.69, 9.17) is 0 Å². The van der Waals surface area contributed by atoms with Crippen molar-refractivity contribution in [1.29, 1.82) is 0 Å². The second kappa shape index (κ2) is 7.42. The predicted octanol–water partition coefficient (Wildman–Crippen LogP) is 3.85. The smallest absolute Gasteiger partial charge is 0.0561 e. The molecule has 3 atom stereocenters. The van der Waals surface area contributed by atoms with Crippen LogP contribution in [0.15, 0.2) is 30.3 Å². The molecular weight excluding hydrogens is 258 g/mol. The van der Waals surface area contributed by atoms with Gasteiger partial charge in [-0.3, -0.25) is 0 Å². The summed E-state index contributed by atoms with van der Waals surface area (Å²) in [4.78, 5) is 0. The molecule has 0 aliphatic heterocycles. The third kappa shape index (κ3) is 4.31. The molecular formula is C19H29NO. The first kappa shape index (κ1) is 15.1. The quantitative estimate of drug-likeness (QED) is 0.881. The summed E-state index contributed by atoms with van der Waals surface area (Å²) in [5, 5.41) is 14.0. The number of aliphatic hydroxyl groups is 1. The second-order valence-corrected chi connectivity index (χ2v) is 7.08. The van der Waals surface area contributed by atoms with Crippen molar-refractivity contribution in [1.82, 2.24) is 5.32 Å². The van der Waals surface area contributed by atoms with E-state index in [1.165, 1.54) is 44.1 Å². The van der Waals surface area contributed by atoms with Gasteiger partial charge in [0.2, 0.25) is 0 Å². The lowest BCUT2D eigenvalue weighted by Crippen LogP contribution is -2.41. The number of hydrogen-bond acceptors (Lipinski definition) is 2. The van der Waals surface area contributed by atoms with Crippen LogP contribution in [0.25, 0.3) is 0 Å². The third-order valence-electron chi connectivity index (χ3n) is 5.37. The second-order valence-electron chi connectivity index (χ2n) is 7.08. The molecule has 0 bridgehead atoms. The first-order valence-corrected chi connectivity index (χ1v) is 8.77. The molecule has 1 aromatic rings. The Kier molecular flexibility index (Phi) is 5.32. The molecule has 0 heterocycles. The topological polar surface area (TPSA) is 32.3 Å². The lowest BCUT2D eigenvalue weighted by Gasteiger charge is -2.34. The molecule has 3 rings (SSSR count). The maximum Gasteiger partial charge on any atom is 0.0561 e. The van der Waals surface area contributed by atoms with Crippen molar-refractivity contribution >= 4 is 0 Å². The highest BCUT2D eigenvalue weighted by atomic mass is 16.3. The number of rotatable bonds is 4. The minimum Gasteiger partial charge on any atom is -0.393 e. The fourth-order valence-electron chi connectivity index (χ4n) is 4.18. The summed E-state index contributed by atoms with van der Waals surface area (Å²) < 4.78 is 0. The summed E-state index contributed by atoms with van der Waals surface area (Å²) in [5.41, 5.74) is 1.39. The number of nitrogens with one attached hydrogen (secondary N) is 1. The molecule has 2 nitrogen and oxygen atoms in total. The summed E-state index contributed by atoms with van der Waals surface area (Å²) >= 11 is 0. The summed E-state index contributed by atoms with van der Waals surface area (Å²) in [6.07, 6.45) is 9.91. The minimum absolute atomic E-state index is 0.146. The van der Waals surface area contributed by atoms with Gasteiger partial charge in [-0.05, 0) is 56.0 Å². The fraction of sp³-hybridized carbons (Fsp3) is 0.684. The number of aliphatic hydroxyl groups excluding tert-OH is 1. The van der Waals surface area contributed by atoms with E-state index >= 15 is 0 Å². The molecule has 21 heavy (non-hydrogen) atoms. The van der Waals surface area contributed by atoms with Crippen LogP contribution in [0, 0.1) is 5.92 Å². The number of benzene rings is 1. The van der Waals surface area contributed by atoms with E-state index in [-0.39, 0.29) is 6.10 Å². The van der Waals surface area contributed by atoms with Crippen molar-refractivity contribution in [3.63, 3.8) is 0 Å². The van der Waals surface area contributed by atoms with Crippen molar-refractivity contribution in [3.05, 3.63) is 35.9 Å². The Morgan fingerprint density at radius 2 is 1.71 bits per heavy atom. The molecule has 2 aliphatic rings. The average molecular weight is 287 g/mol. The van der Waals surface area contributed by atoms with Crippen molar-refractivity contribution in [3.8, 4) is 0 Å². The standard InChI is InChI=1S/C19H29NO/c21-19-12-17(16-9-5-2-6-10-16)11-18(13-19)20-14-15-7-3-1-4-8-15/h2,5-6,9-10,15,17-21H,1,3-4,7-8,11-14H2. The summed E-state index contributed by atoms with van der Waals surface area (Å²) in [7, 11) is 0. The van der Waals surface area contributed by atoms with Gasteiger partial charge in [0, 0.05) is 6.04 Å². The van der Waals surface area contributed by atoms with Crippen LogP contribution in [0.1, 0.15) is 62.8 Å². The third-order valence-corrected chi connectivity index (χ3v) is 5.37. The first-order chi connectivity index (χ1) is 10.3.